The lowest BCUT2D eigenvalue weighted by molar-refractivity contribution is 0.380. The Labute approximate surface area is 101 Å². The second-order valence-electron chi connectivity index (χ2n) is 7.71. The Morgan fingerprint density at radius 3 is 1.27 bits per heavy atom. The Morgan fingerprint density at radius 1 is 0.733 bits per heavy atom. The van der Waals surface area contributed by atoms with Crippen molar-refractivity contribution in [2.24, 2.45) is 0 Å². The van der Waals surface area contributed by atoms with Crippen molar-refractivity contribution in [2.75, 3.05) is 6.23 Å². The summed E-state index contributed by atoms with van der Waals surface area (Å²) in [4.78, 5) is 0. The minimum absolute atomic E-state index is 0.620. The van der Waals surface area contributed by atoms with E-state index in [2.05, 4.69) is 58.9 Å². The highest BCUT2D eigenvalue weighted by Gasteiger charge is 2.39. The largest absolute Gasteiger partial charge is 0.422 e. The second-order valence-corrected chi connectivity index (χ2v) is 39.4. The zero-order chi connectivity index (χ0) is 12.5. The van der Waals surface area contributed by atoms with Crippen LogP contribution in [-0.2, 0) is 4.43 Å². The standard InChI is InChI=1S/C10H30OSi4/c1-13(2,3)11-10-12(14(4,5)6)15(7,8)9/h12H,10H2,1-9H3. The molecule has 0 aromatic rings. The fourth-order valence-electron chi connectivity index (χ4n) is 2.13. The minimum atomic E-state index is -1.30. The summed E-state index contributed by atoms with van der Waals surface area (Å²) in [6.45, 7) is 22.2. The lowest BCUT2D eigenvalue weighted by atomic mass is 11.7. The van der Waals surface area contributed by atoms with Crippen LogP contribution < -0.4 is 0 Å². The molecule has 0 saturated carbocycles. The summed E-state index contributed by atoms with van der Waals surface area (Å²) >= 11 is 0. The molecule has 0 aromatic heterocycles. The van der Waals surface area contributed by atoms with Crippen LogP contribution in [0.5, 0.6) is 0 Å². The molecule has 0 atom stereocenters. The highest BCUT2D eigenvalue weighted by Crippen LogP contribution is 2.19. The summed E-state index contributed by atoms with van der Waals surface area (Å²) in [6.07, 6.45) is 1.17. The van der Waals surface area contributed by atoms with Gasteiger partial charge in [0, 0.05) is 21.4 Å². The maximum absolute atomic E-state index is 6.21. The van der Waals surface area contributed by atoms with E-state index >= 15 is 0 Å². The molecule has 0 amide bonds. The van der Waals surface area contributed by atoms with Gasteiger partial charge in [-0.05, 0) is 19.6 Å². The van der Waals surface area contributed by atoms with E-state index in [1.807, 2.05) is 0 Å². The molecule has 0 saturated heterocycles. The Hall–Kier alpha value is 0.828. The SMILES string of the molecule is C[Si](C)(C)OC[SiH]([Si](C)(C)C)[Si](C)(C)C. The molecule has 1 nitrogen and oxygen atoms in total. The molecule has 0 spiro atoms. The third-order valence-corrected chi connectivity index (χ3v) is 38.0. The van der Waals surface area contributed by atoms with Crippen molar-refractivity contribution in [2.45, 2.75) is 58.9 Å². The summed E-state index contributed by atoms with van der Waals surface area (Å²) in [7, 11) is -3.77. The van der Waals surface area contributed by atoms with Crippen LogP contribution in [0.3, 0.4) is 0 Å². The number of rotatable bonds is 5. The maximum Gasteiger partial charge on any atom is 0.183 e. The lowest BCUT2D eigenvalue weighted by Gasteiger charge is -2.38. The molecular weight excluding hydrogens is 248 g/mol. The fourth-order valence-corrected chi connectivity index (χ4v) is 44.1. The van der Waals surface area contributed by atoms with Gasteiger partial charge in [0.25, 0.3) is 0 Å². The smallest absolute Gasteiger partial charge is 0.183 e. The summed E-state index contributed by atoms with van der Waals surface area (Å²) < 4.78 is 6.21. The van der Waals surface area contributed by atoms with Gasteiger partial charge in [-0.2, -0.15) is 0 Å². The molecule has 0 heterocycles. The molecule has 0 aliphatic rings. The van der Waals surface area contributed by atoms with Gasteiger partial charge < -0.3 is 4.43 Å². The van der Waals surface area contributed by atoms with E-state index in [0.29, 0.717) is 0 Å². The normalized spacial score (nSPS) is 14.8. The Kier molecular flexibility index (Phi) is 5.27. The summed E-state index contributed by atoms with van der Waals surface area (Å²) in [5.74, 6) is 0. The van der Waals surface area contributed by atoms with Crippen molar-refractivity contribution in [3.8, 4) is 0 Å². The quantitative estimate of drug-likeness (QED) is 0.700. The molecule has 0 unspecified atom stereocenters. The van der Waals surface area contributed by atoms with Gasteiger partial charge in [-0.3, -0.25) is 0 Å². The van der Waals surface area contributed by atoms with Gasteiger partial charge in [-0.25, -0.2) is 0 Å². The third kappa shape index (κ3) is 6.88. The maximum atomic E-state index is 6.21. The van der Waals surface area contributed by atoms with Crippen LogP contribution >= 0.6 is 0 Å². The predicted octanol–water partition coefficient (Wildman–Crippen LogP) is 3.44. The highest BCUT2D eigenvalue weighted by molar-refractivity contribution is 7.60. The first-order valence-corrected chi connectivity index (χ1v) is 20.8. The molecule has 0 aliphatic heterocycles. The van der Waals surface area contributed by atoms with Crippen LogP contribution in [0.4, 0.5) is 0 Å². The molecular formula is C10H30OSi4. The van der Waals surface area contributed by atoms with Gasteiger partial charge in [0.05, 0.1) is 7.83 Å². The number of hydrogen-bond acceptors (Lipinski definition) is 1. The highest BCUT2D eigenvalue weighted by atomic mass is 29.6. The van der Waals surface area contributed by atoms with Crippen LogP contribution in [0, 0.1) is 0 Å². The van der Waals surface area contributed by atoms with Crippen LogP contribution in [0.15, 0.2) is 0 Å². The Bertz CT molecular complexity index is 183. The third-order valence-electron chi connectivity index (χ3n) is 2.77. The topological polar surface area (TPSA) is 9.23 Å². The number of hydrogen-bond donors (Lipinski definition) is 0. The summed E-state index contributed by atoms with van der Waals surface area (Å²) in [5.41, 5.74) is 0. The van der Waals surface area contributed by atoms with E-state index in [0.717, 1.165) is 0 Å². The average Bonchev–Trinajstić information content (AvgIpc) is 1.75. The molecule has 0 rings (SSSR count). The molecule has 0 bridgehead atoms. The van der Waals surface area contributed by atoms with E-state index in [9.17, 15) is 0 Å². The molecule has 92 valence electrons. The second kappa shape index (κ2) is 4.99. The zero-order valence-corrected chi connectivity index (χ0v) is 16.3. The first kappa shape index (κ1) is 15.8. The van der Waals surface area contributed by atoms with Crippen molar-refractivity contribution in [3.63, 3.8) is 0 Å². The lowest BCUT2D eigenvalue weighted by Crippen LogP contribution is -2.62. The molecule has 0 aliphatic carbocycles. The van der Waals surface area contributed by atoms with Crippen LogP contribution in [0.25, 0.3) is 0 Å². The molecule has 0 radical (unpaired) electrons. The fraction of sp³-hybridized carbons (Fsp3) is 1.00. The Morgan fingerprint density at radius 2 is 1.07 bits per heavy atom. The van der Waals surface area contributed by atoms with Gasteiger partial charge in [0.1, 0.15) is 0 Å². The predicted molar refractivity (Wildman–Crippen MR) is 83.1 cm³/mol. The molecule has 0 aromatic carbocycles. The monoisotopic (exact) mass is 278 g/mol. The van der Waals surface area contributed by atoms with E-state index in [1.54, 1.807) is 0 Å². The van der Waals surface area contributed by atoms with Crippen molar-refractivity contribution in [1.29, 1.82) is 0 Å². The van der Waals surface area contributed by atoms with Crippen molar-refractivity contribution < 1.29 is 4.43 Å². The minimum Gasteiger partial charge on any atom is -0.422 e. The van der Waals surface area contributed by atoms with E-state index < -0.39 is 31.3 Å². The van der Waals surface area contributed by atoms with Crippen LogP contribution in [0.1, 0.15) is 0 Å². The van der Waals surface area contributed by atoms with E-state index in [4.69, 9.17) is 4.43 Å². The first-order chi connectivity index (χ1) is 6.34. The van der Waals surface area contributed by atoms with Crippen LogP contribution in [0.2, 0.25) is 58.9 Å². The summed E-state index contributed by atoms with van der Waals surface area (Å²) in [5, 5.41) is 0. The zero-order valence-electron chi connectivity index (χ0n) is 12.2. The molecule has 15 heavy (non-hydrogen) atoms. The van der Waals surface area contributed by atoms with Crippen LogP contribution in [-0.4, -0.2) is 37.6 Å². The molecule has 0 N–H and O–H groups in total. The van der Waals surface area contributed by atoms with Gasteiger partial charge in [-0.1, -0.05) is 39.3 Å². The van der Waals surface area contributed by atoms with Crippen molar-refractivity contribution in [3.05, 3.63) is 0 Å². The molecule has 5 heteroatoms. The molecule has 0 fully saturated rings. The average molecular weight is 279 g/mol. The van der Waals surface area contributed by atoms with E-state index in [1.165, 1.54) is 6.23 Å². The first-order valence-electron chi connectivity index (χ1n) is 5.98. The summed E-state index contributed by atoms with van der Waals surface area (Å²) in [6, 6.07) is 0. The van der Waals surface area contributed by atoms with Crippen molar-refractivity contribution in [1.82, 2.24) is 0 Å². The van der Waals surface area contributed by atoms with Gasteiger partial charge in [0.2, 0.25) is 0 Å². The Balaban J connectivity index is 4.56. The van der Waals surface area contributed by atoms with Crippen molar-refractivity contribution >= 4 is 31.3 Å². The van der Waals surface area contributed by atoms with E-state index in [-0.39, 0.29) is 0 Å². The van der Waals surface area contributed by atoms with Gasteiger partial charge in [-0.15, -0.1) is 0 Å². The van der Waals surface area contributed by atoms with Gasteiger partial charge >= 0.3 is 0 Å². The van der Waals surface area contributed by atoms with Gasteiger partial charge in [0.15, 0.2) is 8.32 Å².